The Morgan fingerprint density at radius 3 is 3.00 bits per heavy atom. The highest BCUT2D eigenvalue weighted by molar-refractivity contribution is 6.31. The molecule has 0 radical (unpaired) electrons. The first kappa shape index (κ1) is 10.4. The Bertz CT molecular complexity index is 430. The molecule has 0 bridgehead atoms. The topological polar surface area (TPSA) is 15.3 Å². The van der Waals surface area contributed by atoms with Gasteiger partial charge in [0.25, 0.3) is 0 Å². The van der Waals surface area contributed by atoms with E-state index in [1.807, 2.05) is 0 Å². The van der Waals surface area contributed by atoms with Crippen molar-refractivity contribution in [1.82, 2.24) is 5.32 Å². The molecule has 1 fully saturated rings. The van der Waals surface area contributed by atoms with Crippen LogP contribution in [0.5, 0.6) is 0 Å². The Balaban J connectivity index is 2.06. The lowest BCUT2D eigenvalue weighted by Crippen LogP contribution is -2.54. The van der Waals surface area contributed by atoms with Gasteiger partial charge >= 0.3 is 0 Å². The van der Waals surface area contributed by atoms with E-state index in [9.17, 15) is 0 Å². The molecule has 0 spiro atoms. The van der Waals surface area contributed by atoms with E-state index in [0.29, 0.717) is 12.1 Å². The summed E-state index contributed by atoms with van der Waals surface area (Å²) in [5, 5.41) is 4.39. The largest absolute Gasteiger partial charge is 0.363 e. The molecule has 2 aliphatic rings. The van der Waals surface area contributed by atoms with Crippen LogP contribution < -0.4 is 10.2 Å². The molecule has 1 N–H and O–H groups in total. The highest BCUT2D eigenvalue weighted by Crippen LogP contribution is 2.38. The summed E-state index contributed by atoms with van der Waals surface area (Å²) in [5.74, 6) is 0. The third-order valence-electron chi connectivity index (χ3n) is 3.78. The van der Waals surface area contributed by atoms with Gasteiger partial charge in [-0.2, -0.15) is 0 Å². The van der Waals surface area contributed by atoms with Gasteiger partial charge in [-0.25, -0.2) is 0 Å². The van der Waals surface area contributed by atoms with Crippen LogP contribution in [-0.4, -0.2) is 25.2 Å². The van der Waals surface area contributed by atoms with Crippen LogP contribution in [-0.2, 0) is 6.42 Å². The maximum Gasteiger partial charge on any atom is 0.0459 e. The van der Waals surface area contributed by atoms with Gasteiger partial charge in [0, 0.05) is 35.9 Å². The average Bonchev–Trinajstić information content (AvgIpc) is 2.58. The van der Waals surface area contributed by atoms with Crippen LogP contribution in [0.3, 0.4) is 0 Å². The SMILES string of the molecule is Cc1cc2c(cc1Cl)N1C(C)CNC[C@H]1C2. The number of nitrogens with zero attached hydrogens (tertiary/aromatic N) is 1. The predicted octanol–water partition coefficient (Wildman–Crippen LogP) is 2.37. The lowest BCUT2D eigenvalue weighted by molar-refractivity contribution is 0.430. The summed E-state index contributed by atoms with van der Waals surface area (Å²) < 4.78 is 0. The first-order valence-corrected chi connectivity index (χ1v) is 6.32. The van der Waals surface area contributed by atoms with E-state index < -0.39 is 0 Å². The molecule has 3 rings (SSSR count). The lowest BCUT2D eigenvalue weighted by Gasteiger charge is -2.38. The number of aryl methyl sites for hydroxylation is 1. The smallest absolute Gasteiger partial charge is 0.0459 e. The summed E-state index contributed by atoms with van der Waals surface area (Å²) >= 11 is 6.23. The minimum atomic E-state index is 0.568. The van der Waals surface area contributed by atoms with Crippen molar-refractivity contribution in [1.29, 1.82) is 0 Å². The highest BCUT2D eigenvalue weighted by atomic mass is 35.5. The number of benzene rings is 1. The monoisotopic (exact) mass is 236 g/mol. The molecule has 0 aromatic heterocycles. The van der Waals surface area contributed by atoms with Gasteiger partial charge in [-0.15, -0.1) is 0 Å². The molecule has 2 aliphatic heterocycles. The quantitative estimate of drug-likeness (QED) is 0.744. The fraction of sp³-hybridized carbons (Fsp3) is 0.538. The van der Waals surface area contributed by atoms with Gasteiger partial charge in [-0.1, -0.05) is 17.7 Å². The zero-order valence-corrected chi connectivity index (χ0v) is 10.5. The highest BCUT2D eigenvalue weighted by Gasteiger charge is 2.35. The second-order valence-corrected chi connectivity index (χ2v) is 5.41. The zero-order valence-electron chi connectivity index (χ0n) is 9.76. The van der Waals surface area contributed by atoms with Crippen molar-refractivity contribution in [3.8, 4) is 0 Å². The standard InChI is InChI=1S/C13H17ClN2/c1-8-3-10-4-11-7-15-6-9(2)16(11)13(10)5-12(8)14/h3,5,9,11,15H,4,6-7H2,1-2H3/t9?,11-/m1/s1. The first-order valence-electron chi connectivity index (χ1n) is 5.95. The van der Waals surface area contributed by atoms with Crippen molar-refractivity contribution in [3.63, 3.8) is 0 Å². The molecule has 1 aromatic rings. The van der Waals surface area contributed by atoms with E-state index in [-0.39, 0.29) is 0 Å². The van der Waals surface area contributed by atoms with Crippen LogP contribution >= 0.6 is 11.6 Å². The molecule has 0 saturated carbocycles. The number of nitrogens with one attached hydrogen (secondary N) is 1. The number of halogens is 1. The lowest BCUT2D eigenvalue weighted by atomic mass is 10.1. The number of hydrogen-bond acceptors (Lipinski definition) is 2. The number of piperazine rings is 1. The Morgan fingerprint density at radius 2 is 2.19 bits per heavy atom. The van der Waals surface area contributed by atoms with E-state index >= 15 is 0 Å². The van der Waals surface area contributed by atoms with Crippen molar-refractivity contribution in [2.75, 3.05) is 18.0 Å². The zero-order chi connectivity index (χ0) is 11.3. The number of fused-ring (bicyclic) bond motifs is 3. The number of hydrogen-bond donors (Lipinski definition) is 1. The molecule has 2 heterocycles. The van der Waals surface area contributed by atoms with E-state index in [1.54, 1.807) is 0 Å². The number of anilines is 1. The van der Waals surface area contributed by atoms with E-state index in [4.69, 9.17) is 11.6 Å². The van der Waals surface area contributed by atoms with Gasteiger partial charge < -0.3 is 10.2 Å². The molecule has 2 atom stereocenters. The van der Waals surface area contributed by atoms with E-state index in [0.717, 1.165) is 24.5 Å². The average molecular weight is 237 g/mol. The molecule has 1 aromatic carbocycles. The maximum atomic E-state index is 6.23. The van der Waals surface area contributed by atoms with Crippen molar-refractivity contribution in [2.45, 2.75) is 32.4 Å². The van der Waals surface area contributed by atoms with Crippen LogP contribution in [0.25, 0.3) is 0 Å². The molecule has 0 amide bonds. The second-order valence-electron chi connectivity index (χ2n) is 5.00. The van der Waals surface area contributed by atoms with Crippen LogP contribution in [0.4, 0.5) is 5.69 Å². The van der Waals surface area contributed by atoms with Gasteiger partial charge in [0.2, 0.25) is 0 Å². The minimum absolute atomic E-state index is 0.568. The van der Waals surface area contributed by atoms with Gasteiger partial charge in [-0.05, 0) is 37.5 Å². The van der Waals surface area contributed by atoms with Gasteiger partial charge in [0.15, 0.2) is 0 Å². The third kappa shape index (κ3) is 1.44. The second kappa shape index (κ2) is 3.64. The van der Waals surface area contributed by atoms with Crippen LogP contribution in [0, 0.1) is 6.92 Å². The molecule has 16 heavy (non-hydrogen) atoms. The van der Waals surface area contributed by atoms with E-state index in [1.165, 1.54) is 16.8 Å². The molecule has 86 valence electrons. The van der Waals surface area contributed by atoms with Gasteiger partial charge in [0.05, 0.1) is 0 Å². The van der Waals surface area contributed by atoms with Crippen molar-refractivity contribution >= 4 is 17.3 Å². The summed E-state index contributed by atoms with van der Waals surface area (Å²) in [6.45, 7) is 6.53. The molecule has 1 unspecified atom stereocenters. The van der Waals surface area contributed by atoms with Gasteiger partial charge in [0.1, 0.15) is 0 Å². The molecule has 3 heteroatoms. The van der Waals surface area contributed by atoms with Crippen molar-refractivity contribution in [3.05, 3.63) is 28.3 Å². The molecular weight excluding hydrogens is 220 g/mol. The summed E-state index contributed by atoms with van der Waals surface area (Å²) in [6, 6.07) is 5.59. The van der Waals surface area contributed by atoms with Crippen molar-refractivity contribution < 1.29 is 0 Å². The molecule has 1 saturated heterocycles. The Morgan fingerprint density at radius 1 is 1.38 bits per heavy atom. The van der Waals surface area contributed by atoms with Crippen LogP contribution in [0.2, 0.25) is 5.02 Å². The Hall–Kier alpha value is -0.730. The maximum absolute atomic E-state index is 6.23. The van der Waals surface area contributed by atoms with Crippen molar-refractivity contribution in [2.24, 2.45) is 0 Å². The summed E-state index contributed by atoms with van der Waals surface area (Å²) in [5.41, 5.74) is 4.01. The van der Waals surface area contributed by atoms with Crippen LogP contribution in [0.15, 0.2) is 12.1 Å². The minimum Gasteiger partial charge on any atom is -0.363 e. The van der Waals surface area contributed by atoms with Crippen LogP contribution in [0.1, 0.15) is 18.1 Å². The van der Waals surface area contributed by atoms with E-state index in [2.05, 4.69) is 36.2 Å². The normalized spacial score (nSPS) is 27.8. The summed E-state index contributed by atoms with van der Waals surface area (Å²) in [6.07, 6.45) is 1.16. The molecule has 0 aliphatic carbocycles. The fourth-order valence-electron chi connectivity index (χ4n) is 3.01. The van der Waals surface area contributed by atoms with Gasteiger partial charge in [-0.3, -0.25) is 0 Å². The molecular formula is C13H17ClN2. The summed E-state index contributed by atoms with van der Waals surface area (Å²) in [4.78, 5) is 2.54. The third-order valence-corrected chi connectivity index (χ3v) is 4.19. The Kier molecular flexibility index (Phi) is 2.37. The number of rotatable bonds is 0. The first-order chi connectivity index (χ1) is 7.66. The fourth-order valence-corrected chi connectivity index (χ4v) is 3.17. The molecule has 2 nitrogen and oxygen atoms in total. The predicted molar refractivity (Wildman–Crippen MR) is 68.5 cm³/mol. The Labute approximate surface area is 102 Å². The summed E-state index contributed by atoms with van der Waals surface area (Å²) in [7, 11) is 0.